The summed E-state index contributed by atoms with van der Waals surface area (Å²) in [5.41, 5.74) is 3.39. The van der Waals surface area contributed by atoms with Crippen molar-refractivity contribution in [1.29, 1.82) is 0 Å². The Bertz CT molecular complexity index is 1400. The molecule has 0 bridgehead atoms. The summed E-state index contributed by atoms with van der Waals surface area (Å²) in [6.45, 7) is 4.97. The van der Waals surface area contributed by atoms with Crippen LogP contribution in [0.2, 0.25) is 0 Å². The van der Waals surface area contributed by atoms with E-state index >= 15 is 0 Å². The lowest BCUT2D eigenvalue weighted by atomic mass is 10.1. The third-order valence-electron chi connectivity index (χ3n) is 5.97. The topological polar surface area (TPSA) is 83.8 Å². The van der Waals surface area contributed by atoms with E-state index in [4.69, 9.17) is 23.9 Å². The monoisotopic (exact) mass is 501 g/mol. The molecule has 0 saturated carbocycles. The van der Waals surface area contributed by atoms with Crippen LogP contribution >= 0.6 is 0 Å². The Morgan fingerprint density at radius 3 is 2.43 bits per heavy atom. The Hall–Kier alpha value is -4.46. The predicted octanol–water partition coefficient (Wildman–Crippen LogP) is 4.80. The largest absolute Gasteiger partial charge is 0.493 e. The summed E-state index contributed by atoms with van der Waals surface area (Å²) < 4.78 is 24.2. The molecule has 8 heteroatoms. The van der Waals surface area contributed by atoms with Gasteiger partial charge in [-0.15, -0.1) is 6.58 Å². The van der Waals surface area contributed by atoms with Crippen molar-refractivity contribution < 1.29 is 23.7 Å². The molecule has 3 aromatic carbocycles. The summed E-state index contributed by atoms with van der Waals surface area (Å²) in [6, 6.07) is 18.8. The lowest BCUT2D eigenvalue weighted by Crippen LogP contribution is -2.25. The van der Waals surface area contributed by atoms with E-state index in [-0.39, 0.29) is 12.5 Å². The third-order valence-corrected chi connectivity index (χ3v) is 5.97. The molecule has 0 aliphatic heterocycles. The molecule has 1 aromatic heterocycles. The molecule has 37 heavy (non-hydrogen) atoms. The van der Waals surface area contributed by atoms with Crippen molar-refractivity contribution in [3.05, 3.63) is 90.3 Å². The van der Waals surface area contributed by atoms with Crippen molar-refractivity contribution in [3.63, 3.8) is 0 Å². The van der Waals surface area contributed by atoms with Crippen LogP contribution in [0.15, 0.2) is 73.3 Å². The zero-order valence-corrected chi connectivity index (χ0v) is 21.3. The van der Waals surface area contributed by atoms with Gasteiger partial charge in [-0.1, -0.05) is 24.3 Å². The molecule has 1 N–H and O–H groups in total. The van der Waals surface area contributed by atoms with E-state index in [1.165, 1.54) is 7.11 Å². The molecule has 0 aliphatic carbocycles. The lowest BCUT2D eigenvalue weighted by Gasteiger charge is -2.14. The number of hydrogen-bond acceptors (Lipinski definition) is 6. The minimum atomic E-state index is -0.236. The summed E-state index contributed by atoms with van der Waals surface area (Å²) in [5.74, 6) is 2.90. The van der Waals surface area contributed by atoms with Crippen molar-refractivity contribution in [3.8, 4) is 23.0 Å². The van der Waals surface area contributed by atoms with E-state index in [9.17, 15) is 4.79 Å². The van der Waals surface area contributed by atoms with E-state index < -0.39 is 0 Å². The Kier molecular flexibility index (Phi) is 8.30. The molecule has 4 aromatic rings. The van der Waals surface area contributed by atoms with Crippen molar-refractivity contribution in [2.45, 2.75) is 19.5 Å². The second-order valence-corrected chi connectivity index (χ2v) is 8.25. The van der Waals surface area contributed by atoms with Crippen LogP contribution in [0.4, 0.5) is 0 Å². The smallest absolute Gasteiger partial charge is 0.251 e. The quantitative estimate of drug-likeness (QED) is 0.281. The second-order valence-electron chi connectivity index (χ2n) is 8.25. The molecule has 0 radical (unpaired) electrons. The van der Waals surface area contributed by atoms with Gasteiger partial charge in [0.2, 0.25) is 0 Å². The number of nitrogens with zero attached hydrogens (tertiary/aromatic N) is 2. The van der Waals surface area contributed by atoms with Crippen molar-refractivity contribution in [2.24, 2.45) is 0 Å². The Balaban J connectivity index is 1.48. The number of ether oxygens (including phenoxy) is 4. The van der Waals surface area contributed by atoms with Crippen LogP contribution < -0.4 is 24.3 Å². The average molecular weight is 502 g/mol. The molecular weight excluding hydrogens is 470 g/mol. The van der Waals surface area contributed by atoms with Gasteiger partial charge in [-0.05, 0) is 54.4 Å². The molecule has 0 aliphatic rings. The van der Waals surface area contributed by atoms with Crippen LogP contribution in [0, 0.1) is 0 Å². The molecule has 1 heterocycles. The molecule has 192 valence electrons. The van der Waals surface area contributed by atoms with Gasteiger partial charge in [0, 0.05) is 5.56 Å². The molecule has 0 saturated heterocycles. The maximum absolute atomic E-state index is 12.9. The Morgan fingerprint density at radius 1 is 0.946 bits per heavy atom. The van der Waals surface area contributed by atoms with Crippen molar-refractivity contribution in [2.75, 3.05) is 27.9 Å². The van der Waals surface area contributed by atoms with Crippen molar-refractivity contribution in [1.82, 2.24) is 14.9 Å². The third kappa shape index (κ3) is 5.86. The van der Waals surface area contributed by atoms with Gasteiger partial charge < -0.3 is 28.8 Å². The first kappa shape index (κ1) is 25.6. The number of nitrogens with one attached hydrogen (secondary N) is 1. The molecule has 0 unspecified atom stereocenters. The number of allylic oxidation sites excluding steroid dienone is 1. The number of aromatic nitrogens is 2. The van der Waals surface area contributed by atoms with Gasteiger partial charge >= 0.3 is 0 Å². The Labute approximate surface area is 216 Å². The summed E-state index contributed by atoms with van der Waals surface area (Å²) in [6.07, 6.45) is 2.61. The molecule has 1 amide bonds. The van der Waals surface area contributed by atoms with E-state index in [0.717, 1.165) is 28.8 Å². The van der Waals surface area contributed by atoms with E-state index in [2.05, 4.69) is 16.5 Å². The number of para-hydroxylation sites is 2. The maximum Gasteiger partial charge on any atom is 0.251 e. The number of carbonyl (C=O) groups excluding carboxylic acids is 1. The number of methoxy groups -OCH3 is 3. The summed E-state index contributed by atoms with van der Waals surface area (Å²) in [4.78, 5) is 17.6. The van der Waals surface area contributed by atoms with E-state index in [1.807, 2.05) is 48.5 Å². The first-order valence-electron chi connectivity index (χ1n) is 11.9. The number of fused-ring (bicyclic) bond motifs is 1. The molecule has 4 rings (SSSR count). The summed E-state index contributed by atoms with van der Waals surface area (Å²) >= 11 is 0. The van der Waals surface area contributed by atoms with Gasteiger partial charge in [-0.3, -0.25) is 4.79 Å². The number of benzene rings is 3. The lowest BCUT2D eigenvalue weighted by molar-refractivity contribution is 0.0949. The highest BCUT2D eigenvalue weighted by molar-refractivity contribution is 5.94. The molecule has 0 atom stereocenters. The summed E-state index contributed by atoms with van der Waals surface area (Å²) in [7, 11) is 4.72. The fourth-order valence-corrected chi connectivity index (χ4v) is 4.12. The van der Waals surface area contributed by atoms with Crippen LogP contribution in [0.25, 0.3) is 11.0 Å². The highest BCUT2D eigenvalue weighted by Gasteiger charge is 2.15. The van der Waals surface area contributed by atoms with Crippen LogP contribution in [0.1, 0.15) is 21.7 Å². The number of amides is 1. The van der Waals surface area contributed by atoms with Gasteiger partial charge in [0.15, 0.2) is 23.0 Å². The molecular formula is C29H31N3O5. The van der Waals surface area contributed by atoms with E-state index in [1.54, 1.807) is 32.4 Å². The zero-order chi connectivity index (χ0) is 26.2. The fraction of sp³-hybridized carbons (Fsp3) is 0.241. The maximum atomic E-state index is 12.9. The number of rotatable bonds is 12. The fourth-order valence-electron chi connectivity index (χ4n) is 4.12. The number of carbonyl (C=O) groups is 1. The normalized spacial score (nSPS) is 10.7. The molecule has 8 nitrogen and oxygen atoms in total. The van der Waals surface area contributed by atoms with Gasteiger partial charge in [0.25, 0.3) is 5.91 Å². The van der Waals surface area contributed by atoms with Crippen LogP contribution in [0.3, 0.4) is 0 Å². The van der Waals surface area contributed by atoms with Gasteiger partial charge in [-0.25, -0.2) is 4.98 Å². The first-order chi connectivity index (χ1) is 18.1. The second kappa shape index (κ2) is 12.0. The number of imidazole rings is 1. The SMILES string of the molecule is C=CCc1ccc(OCCn2c(CNC(=O)c3ccc(OC)c(OC)c3)nc3ccccc32)c(OC)c1. The van der Waals surface area contributed by atoms with Gasteiger partial charge in [0.1, 0.15) is 12.4 Å². The van der Waals surface area contributed by atoms with Crippen LogP contribution in [-0.4, -0.2) is 43.4 Å². The highest BCUT2D eigenvalue weighted by atomic mass is 16.5. The minimum absolute atomic E-state index is 0.236. The number of hydrogen-bond donors (Lipinski definition) is 1. The average Bonchev–Trinajstić information content (AvgIpc) is 3.29. The van der Waals surface area contributed by atoms with Crippen LogP contribution in [-0.2, 0) is 19.5 Å². The van der Waals surface area contributed by atoms with E-state index in [0.29, 0.717) is 41.7 Å². The standard InChI is InChI=1S/C29H31N3O5/c1-5-8-20-11-13-25(26(17-20)35-3)37-16-15-32-23-10-7-6-9-22(23)31-28(32)19-30-29(33)21-12-14-24(34-2)27(18-21)36-4/h5-7,9-14,17-18H,1,8,15-16,19H2,2-4H3,(H,30,33). The summed E-state index contributed by atoms with van der Waals surface area (Å²) in [5, 5.41) is 2.96. The molecule has 0 spiro atoms. The first-order valence-corrected chi connectivity index (χ1v) is 11.9. The minimum Gasteiger partial charge on any atom is -0.493 e. The Morgan fingerprint density at radius 2 is 1.68 bits per heavy atom. The molecule has 0 fully saturated rings. The zero-order valence-electron chi connectivity index (χ0n) is 21.3. The van der Waals surface area contributed by atoms with Crippen LogP contribution in [0.5, 0.6) is 23.0 Å². The van der Waals surface area contributed by atoms with Gasteiger partial charge in [-0.2, -0.15) is 0 Å². The van der Waals surface area contributed by atoms with Gasteiger partial charge in [0.05, 0.1) is 45.5 Å². The van der Waals surface area contributed by atoms with Crippen molar-refractivity contribution >= 4 is 16.9 Å². The predicted molar refractivity (Wildman–Crippen MR) is 143 cm³/mol. The highest BCUT2D eigenvalue weighted by Crippen LogP contribution is 2.29.